The Bertz CT molecular complexity index is 387. The van der Waals surface area contributed by atoms with Crippen LogP contribution in [0.1, 0.15) is 52.9 Å². The summed E-state index contributed by atoms with van der Waals surface area (Å²) in [5, 5.41) is 9.32. The molecule has 3 nitrogen and oxygen atoms in total. The molecule has 0 aliphatic heterocycles. The monoisotopic (exact) mass is 314 g/mol. The number of carboxylic acid groups (broad SMARTS) is 1. The van der Waals surface area contributed by atoms with Crippen molar-refractivity contribution in [3.05, 3.63) is 29.3 Å². The van der Waals surface area contributed by atoms with E-state index in [0.29, 0.717) is 5.02 Å². The fraction of sp³-hybridized carbons (Fsp3) is 0.588. The van der Waals surface area contributed by atoms with Crippen molar-refractivity contribution in [2.75, 3.05) is 6.61 Å². The zero-order chi connectivity index (χ0) is 16.1. The second kappa shape index (κ2) is 12.5. The highest BCUT2D eigenvalue weighted by Gasteiger charge is 2.13. The maximum absolute atomic E-state index is 10.5. The van der Waals surface area contributed by atoms with Crippen LogP contribution < -0.4 is 4.74 Å². The van der Waals surface area contributed by atoms with E-state index in [0.717, 1.165) is 44.5 Å². The molecule has 1 N–H and O–H groups in total. The number of hydrogen-bond donors (Lipinski definition) is 1. The number of halogens is 1. The lowest BCUT2D eigenvalue weighted by Crippen LogP contribution is -2.12. The molecule has 21 heavy (non-hydrogen) atoms. The Morgan fingerprint density at radius 3 is 2.14 bits per heavy atom. The smallest absolute Gasteiger partial charge is 0.306 e. The van der Waals surface area contributed by atoms with E-state index < -0.39 is 5.97 Å². The van der Waals surface area contributed by atoms with Gasteiger partial charge in [-0.25, -0.2) is 0 Å². The van der Waals surface area contributed by atoms with Crippen LogP contribution >= 0.6 is 11.6 Å². The fourth-order valence-corrected chi connectivity index (χ4v) is 2.05. The van der Waals surface area contributed by atoms with Gasteiger partial charge in [-0.05, 0) is 31.4 Å². The van der Waals surface area contributed by atoms with Gasteiger partial charge in [-0.15, -0.1) is 0 Å². The van der Waals surface area contributed by atoms with Crippen molar-refractivity contribution in [1.29, 1.82) is 0 Å². The Hall–Kier alpha value is -1.22. The van der Waals surface area contributed by atoms with Crippen molar-refractivity contribution in [2.24, 2.45) is 5.92 Å². The van der Waals surface area contributed by atoms with Gasteiger partial charge < -0.3 is 9.84 Å². The maximum atomic E-state index is 10.5. The van der Waals surface area contributed by atoms with Crippen molar-refractivity contribution < 1.29 is 14.6 Å². The van der Waals surface area contributed by atoms with Crippen LogP contribution in [0.4, 0.5) is 0 Å². The Balaban J connectivity index is 0.000000384. The van der Waals surface area contributed by atoms with Crippen molar-refractivity contribution in [2.45, 2.75) is 52.9 Å². The molecule has 0 aliphatic rings. The summed E-state index contributed by atoms with van der Waals surface area (Å²) in [4.78, 5) is 10.5. The van der Waals surface area contributed by atoms with Gasteiger partial charge in [0.2, 0.25) is 0 Å². The SMILES string of the molecule is CCCC(CCC)C(=O)O.CCCOc1ccccc1Cl. The molecule has 0 radical (unpaired) electrons. The predicted molar refractivity (Wildman–Crippen MR) is 88.2 cm³/mol. The number of para-hydroxylation sites is 1. The van der Waals surface area contributed by atoms with Gasteiger partial charge in [0.25, 0.3) is 0 Å². The Labute approximate surface area is 133 Å². The summed E-state index contributed by atoms with van der Waals surface area (Å²) in [7, 11) is 0. The second-order valence-electron chi connectivity index (χ2n) is 4.89. The summed E-state index contributed by atoms with van der Waals surface area (Å²) < 4.78 is 5.35. The van der Waals surface area contributed by atoms with Crippen LogP contribution in [0.2, 0.25) is 5.02 Å². The summed E-state index contributed by atoms with van der Waals surface area (Å²) in [6.45, 7) is 6.83. The zero-order valence-electron chi connectivity index (χ0n) is 13.3. The third-order valence-electron chi connectivity index (χ3n) is 2.92. The van der Waals surface area contributed by atoms with Crippen LogP contribution in [0.25, 0.3) is 0 Å². The van der Waals surface area contributed by atoms with Crippen LogP contribution in [0, 0.1) is 5.92 Å². The highest BCUT2D eigenvalue weighted by molar-refractivity contribution is 6.32. The minimum atomic E-state index is -0.635. The molecule has 0 spiro atoms. The number of rotatable bonds is 8. The normalized spacial score (nSPS) is 9.95. The molecule has 0 unspecified atom stereocenters. The van der Waals surface area contributed by atoms with Gasteiger partial charge >= 0.3 is 5.97 Å². The third kappa shape index (κ3) is 9.35. The molecule has 0 saturated carbocycles. The highest BCUT2D eigenvalue weighted by Crippen LogP contribution is 2.22. The van der Waals surface area contributed by atoms with E-state index in [1.54, 1.807) is 0 Å². The largest absolute Gasteiger partial charge is 0.492 e. The number of carbonyl (C=O) groups is 1. The summed E-state index contributed by atoms with van der Waals surface area (Å²) >= 11 is 5.83. The fourth-order valence-electron chi connectivity index (χ4n) is 1.86. The van der Waals surface area contributed by atoms with Crippen LogP contribution in [0.3, 0.4) is 0 Å². The number of carboxylic acids is 1. The topological polar surface area (TPSA) is 46.5 Å². The molecule has 0 aromatic heterocycles. The van der Waals surface area contributed by atoms with Crippen LogP contribution in [0.15, 0.2) is 24.3 Å². The van der Waals surface area contributed by atoms with Gasteiger partial charge in [-0.1, -0.05) is 57.3 Å². The first kappa shape index (κ1) is 19.8. The standard InChI is InChI=1S/C9H11ClO.C8H16O2/c1-2-7-11-9-6-4-3-5-8(9)10;1-3-5-7(6-4-2)8(9)10/h3-6H,2,7H2,1H3;7H,3-6H2,1-2H3,(H,9,10). The third-order valence-corrected chi connectivity index (χ3v) is 3.23. The number of benzene rings is 1. The van der Waals surface area contributed by atoms with Gasteiger partial charge in [0.05, 0.1) is 17.5 Å². The number of aliphatic carboxylic acids is 1. The van der Waals surface area contributed by atoms with Gasteiger partial charge in [0.15, 0.2) is 0 Å². The summed E-state index contributed by atoms with van der Waals surface area (Å²) in [5.74, 6) is 0.0368. The molecule has 1 rings (SSSR count). The van der Waals surface area contributed by atoms with E-state index in [2.05, 4.69) is 6.92 Å². The molecule has 1 aromatic rings. The minimum Gasteiger partial charge on any atom is -0.492 e. The quantitative estimate of drug-likeness (QED) is 0.697. The van der Waals surface area contributed by atoms with E-state index in [9.17, 15) is 4.79 Å². The lowest BCUT2D eigenvalue weighted by molar-refractivity contribution is -0.142. The molecule has 0 heterocycles. The first-order valence-corrected chi connectivity index (χ1v) is 8.04. The van der Waals surface area contributed by atoms with Crippen LogP contribution in [0.5, 0.6) is 5.75 Å². The van der Waals surface area contributed by atoms with E-state index >= 15 is 0 Å². The molecule has 4 heteroatoms. The van der Waals surface area contributed by atoms with E-state index in [1.165, 1.54) is 0 Å². The molecule has 120 valence electrons. The van der Waals surface area contributed by atoms with E-state index in [1.807, 2.05) is 38.1 Å². The Morgan fingerprint density at radius 2 is 1.71 bits per heavy atom. The molecule has 0 atom stereocenters. The van der Waals surface area contributed by atoms with Gasteiger partial charge in [0.1, 0.15) is 5.75 Å². The van der Waals surface area contributed by atoms with Crippen LogP contribution in [-0.2, 0) is 4.79 Å². The molecule has 0 bridgehead atoms. The lowest BCUT2D eigenvalue weighted by atomic mass is 9.99. The number of hydrogen-bond acceptors (Lipinski definition) is 2. The molecule has 0 fully saturated rings. The first-order chi connectivity index (χ1) is 10.1. The minimum absolute atomic E-state index is 0.102. The van der Waals surface area contributed by atoms with Crippen molar-refractivity contribution in [3.63, 3.8) is 0 Å². The highest BCUT2D eigenvalue weighted by atomic mass is 35.5. The van der Waals surface area contributed by atoms with Crippen LogP contribution in [-0.4, -0.2) is 17.7 Å². The second-order valence-corrected chi connectivity index (χ2v) is 5.30. The van der Waals surface area contributed by atoms with Crippen molar-refractivity contribution in [1.82, 2.24) is 0 Å². The molecule has 0 aliphatic carbocycles. The molecule has 0 amide bonds. The van der Waals surface area contributed by atoms with Gasteiger partial charge in [-0.3, -0.25) is 4.79 Å². The molecular formula is C17H27ClO3. The first-order valence-electron chi connectivity index (χ1n) is 7.66. The Kier molecular flexibility index (Phi) is 11.8. The van der Waals surface area contributed by atoms with Gasteiger partial charge in [0, 0.05) is 0 Å². The summed E-state index contributed by atoms with van der Waals surface area (Å²) in [6, 6.07) is 7.50. The lowest BCUT2D eigenvalue weighted by Gasteiger charge is -2.07. The van der Waals surface area contributed by atoms with Crippen molar-refractivity contribution in [3.8, 4) is 5.75 Å². The summed E-state index contributed by atoms with van der Waals surface area (Å²) in [5.41, 5.74) is 0. The van der Waals surface area contributed by atoms with E-state index in [-0.39, 0.29) is 5.92 Å². The predicted octanol–water partition coefficient (Wildman–Crippen LogP) is 5.42. The maximum Gasteiger partial charge on any atom is 0.306 e. The van der Waals surface area contributed by atoms with E-state index in [4.69, 9.17) is 21.4 Å². The zero-order valence-corrected chi connectivity index (χ0v) is 14.0. The summed E-state index contributed by atoms with van der Waals surface area (Å²) in [6.07, 6.45) is 4.59. The molecule has 0 saturated heterocycles. The average molecular weight is 315 g/mol. The molecule has 1 aromatic carbocycles. The van der Waals surface area contributed by atoms with Gasteiger partial charge in [-0.2, -0.15) is 0 Å². The van der Waals surface area contributed by atoms with Crippen molar-refractivity contribution >= 4 is 17.6 Å². The average Bonchev–Trinajstić information content (AvgIpc) is 2.47. The Morgan fingerprint density at radius 1 is 1.14 bits per heavy atom. The molecular weight excluding hydrogens is 288 g/mol. The number of ether oxygens (including phenoxy) is 1.